The molecule has 6 nitrogen and oxygen atoms in total. The summed E-state index contributed by atoms with van der Waals surface area (Å²) in [6.07, 6.45) is 7.00. The number of amides is 1. The molecule has 1 amide bonds. The van der Waals surface area contributed by atoms with E-state index in [2.05, 4.69) is 31.2 Å². The van der Waals surface area contributed by atoms with Crippen LogP contribution < -0.4 is 0 Å². The van der Waals surface area contributed by atoms with E-state index in [0.717, 1.165) is 38.5 Å². The van der Waals surface area contributed by atoms with Crippen molar-refractivity contribution < 1.29 is 13.2 Å². The van der Waals surface area contributed by atoms with Gasteiger partial charge < -0.3 is 9.47 Å². The highest BCUT2D eigenvalue weighted by molar-refractivity contribution is 7.89. The fourth-order valence-electron chi connectivity index (χ4n) is 4.75. The Morgan fingerprint density at radius 1 is 1.17 bits per heavy atom. The lowest BCUT2D eigenvalue weighted by molar-refractivity contribution is 0.0652. The molecule has 0 radical (unpaired) electrons. The Labute approximate surface area is 179 Å². The highest BCUT2D eigenvalue weighted by Crippen LogP contribution is 2.27. The Morgan fingerprint density at radius 3 is 2.57 bits per heavy atom. The molecule has 162 valence electrons. The van der Waals surface area contributed by atoms with Gasteiger partial charge in [-0.05, 0) is 55.7 Å². The number of aromatic nitrogens is 1. The van der Waals surface area contributed by atoms with Crippen LogP contribution in [0.15, 0.2) is 41.4 Å². The molecule has 4 rings (SSSR count). The Bertz CT molecular complexity index is 1020. The lowest BCUT2D eigenvalue weighted by Gasteiger charge is -2.35. The van der Waals surface area contributed by atoms with Gasteiger partial charge in [0.05, 0.1) is 0 Å². The van der Waals surface area contributed by atoms with E-state index in [1.807, 2.05) is 4.90 Å². The molecule has 2 aliphatic rings. The monoisotopic (exact) mass is 429 g/mol. The first-order valence-electron chi connectivity index (χ1n) is 11.0. The van der Waals surface area contributed by atoms with Crippen molar-refractivity contribution in [3.8, 4) is 0 Å². The second-order valence-electron chi connectivity index (χ2n) is 8.45. The summed E-state index contributed by atoms with van der Waals surface area (Å²) in [7, 11) is -1.77. The summed E-state index contributed by atoms with van der Waals surface area (Å²) in [6.45, 7) is 3.87. The van der Waals surface area contributed by atoms with Crippen LogP contribution in [0.2, 0.25) is 0 Å². The molecule has 1 aromatic heterocycles. The molecule has 1 unspecified atom stereocenters. The summed E-state index contributed by atoms with van der Waals surface area (Å²) < 4.78 is 29.1. The minimum Gasteiger partial charge on any atom is -0.345 e. The van der Waals surface area contributed by atoms with Crippen molar-refractivity contribution in [1.29, 1.82) is 0 Å². The highest BCUT2D eigenvalue weighted by atomic mass is 32.2. The van der Waals surface area contributed by atoms with E-state index in [9.17, 15) is 13.2 Å². The number of hydrogen-bond acceptors (Lipinski definition) is 3. The number of aryl methyl sites for hydroxylation is 2. The third-order valence-corrected chi connectivity index (χ3v) is 8.25. The van der Waals surface area contributed by atoms with E-state index >= 15 is 0 Å². The standard InChI is InChI=1S/C23H31N3O3S/c1-3-12-26(20-11-10-18-8-4-5-9-19(18)15-20)23(27)22-16-21(17-24(22)2)30(28,29)25-13-6-7-14-25/h4-5,8-9,16-17,20H,3,6-7,10-15H2,1-2H3. The maximum Gasteiger partial charge on any atom is 0.270 e. The summed E-state index contributed by atoms with van der Waals surface area (Å²) in [6, 6.07) is 10.2. The number of sulfonamides is 1. The normalized spacial score (nSPS) is 19.6. The van der Waals surface area contributed by atoms with Crippen molar-refractivity contribution >= 4 is 15.9 Å². The molecule has 0 spiro atoms. The molecular formula is C23H31N3O3S. The maximum atomic E-state index is 13.5. The van der Waals surface area contributed by atoms with Crippen LogP contribution in [0.25, 0.3) is 0 Å². The summed E-state index contributed by atoms with van der Waals surface area (Å²) in [5.41, 5.74) is 3.13. The van der Waals surface area contributed by atoms with Crippen molar-refractivity contribution in [2.24, 2.45) is 7.05 Å². The maximum absolute atomic E-state index is 13.5. The zero-order valence-electron chi connectivity index (χ0n) is 17.9. The van der Waals surface area contributed by atoms with E-state index < -0.39 is 10.0 Å². The second-order valence-corrected chi connectivity index (χ2v) is 10.4. The molecule has 1 fully saturated rings. The first-order valence-corrected chi connectivity index (χ1v) is 12.4. The van der Waals surface area contributed by atoms with Gasteiger partial charge >= 0.3 is 0 Å². The minimum atomic E-state index is -3.53. The molecule has 7 heteroatoms. The van der Waals surface area contributed by atoms with E-state index in [0.29, 0.717) is 25.3 Å². The van der Waals surface area contributed by atoms with Crippen LogP contribution in [0.5, 0.6) is 0 Å². The van der Waals surface area contributed by atoms with E-state index in [4.69, 9.17) is 0 Å². The smallest absolute Gasteiger partial charge is 0.270 e. The van der Waals surface area contributed by atoms with Crippen molar-refractivity contribution in [1.82, 2.24) is 13.8 Å². The van der Waals surface area contributed by atoms with Gasteiger partial charge in [0.1, 0.15) is 10.6 Å². The Morgan fingerprint density at radius 2 is 1.87 bits per heavy atom. The van der Waals surface area contributed by atoms with Crippen molar-refractivity contribution in [2.75, 3.05) is 19.6 Å². The van der Waals surface area contributed by atoms with Gasteiger partial charge in [-0.1, -0.05) is 31.2 Å². The number of carbonyl (C=O) groups excluding carboxylic acids is 1. The van der Waals surface area contributed by atoms with Gasteiger partial charge in [0.2, 0.25) is 10.0 Å². The van der Waals surface area contributed by atoms with E-state index in [1.54, 1.807) is 23.9 Å². The number of carbonyl (C=O) groups is 1. The molecule has 1 aromatic carbocycles. The van der Waals surface area contributed by atoms with Gasteiger partial charge in [0.25, 0.3) is 5.91 Å². The van der Waals surface area contributed by atoms with Gasteiger partial charge in [-0.3, -0.25) is 4.79 Å². The fourth-order valence-corrected chi connectivity index (χ4v) is 6.34. The molecule has 30 heavy (non-hydrogen) atoms. The fraction of sp³-hybridized carbons (Fsp3) is 0.522. The van der Waals surface area contributed by atoms with Crippen LogP contribution in [0.1, 0.15) is 54.2 Å². The Kier molecular flexibility index (Phi) is 6.02. The molecule has 1 aliphatic carbocycles. The first kappa shape index (κ1) is 21.1. The molecule has 2 heterocycles. The number of fused-ring (bicyclic) bond motifs is 1. The van der Waals surface area contributed by atoms with Crippen molar-refractivity contribution in [3.05, 3.63) is 53.3 Å². The summed E-state index contributed by atoms with van der Waals surface area (Å²) >= 11 is 0. The predicted molar refractivity (Wildman–Crippen MR) is 117 cm³/mol. The molecule has 0 saturated carbocycles. The first-order chi connectivity index (χ1) is 14.4. The lowest BCUT2D eigenvalue weighted by atomic mass is 9.87. The average molecular weight is 430 g/mol. The molecule has 0 N–H and O–H groups in total. The molecule has 1 saturated heterocycles. The second kappa shape index (κ2) is 8.55. The largest absolute Gasteiger partial charge is 0.345 e. The quantitative estimate of drug-likeness (QED) is 0.708. The number of rotatable bonds is 6. The van der Waals surface area contributed by atoms with Gasteiger partial charge in [0, 0.05) is 38.9 Å². The molecule has 2 aromatic rings. The summed E-state index contributed by atoms with van der Waals surface area (Å²) in [4.78, 5) is 15.7. The van der Waals surface area contributed by atoms with Crippen LogP contribution in [0, 0.1) is 0 Å². The molecule has 1 aliphatic heterocycles. The summed E-state index contributed by atoms with van der Waals surface area (Å²) in [5.74, 6) is -0.0772. The SMILES string of the molecule is CCCN(C(=O)c1cc(S(=O)(=O)N2CCCC2)cn1C)C1CCc2ccccc2C1. The average Bonchev–Trinajstić information content (AvgIpc) is 3.42. The third kappa shape index (κ3) is 3.93. The van der Waals surface area contributed by atoms with E-state index in [1.165, 1.54) is 15.4 Å². The zero-order valence-corrected chi connectivity index (χ0v) is 18.7. The van der Waals surface area contributed by atoms with Crippen molar-refractivity contribution in [3.63, 3.8) is 0 Å². The van der Waals surface area contributed by atoms with E-state index in [-0.39, 0.29) is 16.8 Å². The van der Waals surface area contributed by atoms with Crippen LogP contribution in [0.3, 0.4) is 0 Å². The number of hydrogen-bond donors (Lipinski definition) is 0. The molecule has 0 bridgehead atoms. The highest BCUT2D eigenvalue weighted by Gasteiger charge is 2.32. The molecule has 1 atom stereocenters. The van der Waals surface area contributed by atoms with Crippen LogP contribution in [-0.2, 0) is 29.9 Å². The van der Waals surface area contributed by atoms with Crippen LogP contribution in [-0.4, -0.2) is 53.8 Å². The van der Waals surface area contributed by atoms with Gasteiger partial charge in [-0.2, -0.15) is 4.31 Å². The van der Waals surface area contributed by atoms with Gasteiger partial charge in [-0.15, -0.1) is 0 Å². The Hall–Kier alpha value is -2.12. The van der Waals surface area contributed by atoms with Gasteiger partial charge in [-0.25, -0.2) is 8.42 Å². The summed E-state index contributed by atoms with van der Waals surface area (Å²) in [5, 5.41) is 0. The topological polar surface area (TPSA) is 62.6 Å². The van der Waals surface area contributed by atoms with Crippen LogP contribution >= 0.6 is 0 Å². The molecular weight excluding hydrogens is 398 g/mol. The van der Waals surface area contributed by atoms with Gasteiger partial charge in [0.15, 0.2) is 0 Å². The number of benzene rings is 1. The number of nitrogens with zero attached hydrogens (tertiary/aromatic N) is 3. The zero-order chi connectivity index (χ0) is 21.3. The third-order valence-electron chi connectivity index (χ3n) is 6.39. The lowest BCUT2D eigenvalue weighted by Crippen LogP contribution is -2.44. The minimum absolute atomic E-state index is 0.0772. The van der Waals surface area contributed by atoms with Crippen LogP contribution in [0.4, 0.5) is 0 Å². The Balaban J connectivity index is 1.59. The van der Waals surface area contributed by atoms with Crippen molar-refractivity contribution in [2.45, 2.75) is 56.4 Å². The predicted octanol–water partition coefficient (Wildman–Crippen LogP) is 3.22.